The fourth-order valence-corrected chi connectivity index (χ4v) is 2.98. The molecule has 29 heavy (non-hydrogen) atoms. The summed E-state index contributed by atoms with van der Waals surface area (Å²) in [4.78, 5) is 12.3. The Kier molecular flexibility index (Phi) is 6.34. The zero-order valence-electron chi connectivity index (χ0n) is 17.1. The third-order valence-corrected chi connectivity index (χ3v) is 4.63. The fraction of sp³-hybridized carbons (Fsp3) is 0.217. The van der Waals surface area contributed by atoms with Crippen LogP contribution in [0, 0.1) is 13.8 Å². The van der Waals surface area contributed by atoms with Crippen molar-refractivity contribution in [3.8, 4) is 11.5 Å². The Morgan fingerprint density at radius 3 is 2.59 bits per heavy atom. The quantitative estimate of drug-likeness (QED) is 0.611. The molecule has 2 aromatic carbocycles. The van der Waals surface area contributed by atoms with Gasteiger partial charge in [-0.1, -0.05) is 24.3 Å². The van der Waals surface area contributed by atoms with Gasteiger partial charge in [-0.15, -0.1) is 0 Å². The number of benzene rings is 2. The maximum absolute atomic E-state index is 12.3. The van der Waals surface area contributed by atoms with Gasteiger partial charge in [0, 0.05) is 18.7 Å². The first kappa shape index (κ1) is 20.2. The summed E-state index contributed by atoms with van der Waals surface area (Å²) >= 11 is 0. The van der Waals surface area contributed by atoms with E-state index in [4.69, 9.17) is 9.47 Å². The molecule has 3 aromatic rings. The molecule has 0 aliphatic carbocycles. The maximum Gasteiger partial charge on any atom is 0.248 e. The number of nitrogens with one attached hydrogen (secondary N) is 1. The second-order valence-electron chi connectivity index (χ2n) is 6.67. The van der Waals surface area contributed by atoms with Crippen molar-refractivity contribution in [1.82, 2.24) is 9.78 Å². The maximum atomic E-state index is 12.3. The third kappa shape index (κ3) is 5.04. The van der Waals surface area contributed by atoms with Gasteiger partial charge in [-0.25, -0.2) is 0 Å². The number of nitrogens with zero attached hydrogens (tertiary/aromatic N) is 2. The van der Waals surface area contributed by atoms with Crippen LogP contribution < -0.4 is 14.8 Å². The molecule has 0 saturated heterocycles. The molecule has 0 bridgehead atoms. The summed E-state index contributed by atoms with van der Waals surface area (Å²) in [7, 11) is 3.48. The Morgan fingerprint density at radius 1 is 1.17 bits per heavy atom. The van der Waals surface area contributed by atoms with E-state index in [2.05, 4.69) is 10.4 Å². The van der Waals surface area contributed by atoms with Gasteiger partial charge in [-0.2, -0.15) is 5.10 Å². The summed E-state index contributed by atoms with van der Waals surface area (Å²) in [5.74, 6) is 1.32. The van der Waals surface area contributed by atoms with Crippen LogP contribution in [-0.4, -0.2) is 22.8 Å². The van der Waals surface area contributed by atoms with Crippen molar-refractivity contribution in [2.45, 2.75) is 20.5 Å². The van der Waals surface area contributed by atoms with Crippen molar-refractivity contribution in [3.05, 3.63) is 77.1 Å². The number of methoxy groups -OCH3 is 1. The highest BCUT2D eigenvalue weighted by Gasteiger charge is 2.11. The highest BCUT2D eigenvalue weighted by atomic mass is 16.5. The van der Waals surface area contributed by atoms with Gasteiger partial charge in [0.05, 0.1) is 24.2 Å². The SMILES string of the molecule is COc1ccc(/C=C/C(=O)Nc2c(C)nn(C)c2C)cc1COc1ccccc1. The van der Waals surface area contributed by atoms with E-state index in [9.17, 15) is 4.79 Å². The highest BCUT2D eigenvalue weighted by molar-refractivity contribution is 6.02. The van der Waals surface area contributed by atoms with Gasteiger partial charge in [0.2, 0.25) is 5.91 Å². The molecule has 6 heteroatoms. The molecular weight excluding hydrogens is 366 g/mol. The fourth-order valence-electron chi connectivity index (χ4n) is 2.98. The average Bonchev–Trinajstić information content (AvgIpc) is 2.97. The Labute approximate surface area is 170 Å². The molecule has 6 nitrogen and oxygen atoms in total. The second-order valence-corrected chi connectivity index (χ2v) is 6.67. The van der Waals surface area contributed by atoms with E-state index in [0.29, 0.717) is 6.61 Å². The number of ether oxygens (including phenoxy) is 2. The Hall–Kier alpha value is -3.54. The van der Waals surface area contributed by atoms with Crippen molar-refractivity contribution >= 4 is 17.7 Å². The molecule has 0 radical (unpaired) electrons. The lowest BCUT2D eigenvalue weighted by Gasteiger charge is -2.11. The predicted molar refractivity (Wildman–Crippen MR) is 114 cm³/mol. The van der Waals surface area contributed by atoms with Crippen LogP contribution in [0.15, 0.2) is 54.6 Å². The molecule has 0 aliphatic rings. The number of anilines is 1. The second kappa shape index (κ2) is 9.10. The lowest BCUT2D eigenvalue weighted by atomic mass is 10.1. The summed E-state index contributed by atoms with van der Waals surface area (Å²) in [6.45, 7) is 4.16. The molecule has 1 amide bonds. The van der Waals surface area contributed by atoms with Gasteiger partial charge in [0.1, 0.15) is 18.1 Å². The van der Waals surface area contributed by atoms with Crippen LogP contribution in [0.3, 0.4) is 0 Å². The number of rotatable bonds is 7. The van der Waals surface area contributed by atoms with Crippen LogP contribution in [0.5, 0.6) is 11.5 Å². The van der Waals surface area contributed by atoms with Crippen LogP contribution in [0.2, 0.25) is 0 Å². The van der Waals surface area contributed by atoms with E-state index in [1.165, 1.54) is 6.08 Å². The lowest BCUT2D eigenvalue weighted by molar-refractivity contribution is -0.111. The number of carbonyl (C=O) groups is 1. The van der Waals surface area contributed by atoms with Gasteiger partial charge in [0.25, 0.3) is 0 Å². The normalized spacial score (nSPS) is 10.9. The van der Waals surface area contributed by atoms with Gasteiger partial charge in [-0.3, -0.25) is 9.48 Å². The number of hydrogen-bond acceptors (Lipinski definition) is 4. The first-order valence-electron chi connectivity index (χ1n) is 9.32. The first-order valence-corrected chi connectivity index (χ1v) is 9.32. The Balaban J connectivity index is 1.70. The van der Waals surface area contributed by atoms with Gasteiger partial charge < -0.3 is 14.8 Å². The standard InChI is InChI=1S/C23H25N3O3/c1-16-23(17(2)26(3)25-16)24-22(27)13-11-18-10-12-21(28-4)19(14-18)15-29-20-8-6-5-7-9-20/h5-14H,15H2,1-4H3,(H,24,27)/b13-11+. The summed E-state index contributed by atoms with van der Waals surface area (Å²) in [5.41, 5.74) is 4.23. The first-order chi connectivity index (χ1) is 14.0. The zero-order valence-corrected chi connectivity index (χ0v) is 17.1. The average molecular weight is 391 g/mol. The third-order valence-electron chi connectivity index (χ3n) is 4.63. The molecule has 1 N–H and O–H groups in total. The van der Waals surface area contributed by atoms with E-state index in [1.54, 1.807) is 17.9 Å². The Morgan fingerprint density at radius 2 is 1.93 bits per heavy atom. The van der Waals surface area contributed by atoms with E-state index < -0.39 is 0 Å². The van der Waals surface area contributed by atoms with E-state index in [-0.39, 0.29) is 5.91 Å². The summed E-state index contributed by atoms with van der Waals surface area (Å²) in [6, 6.07) is 15.3. The Bertz CT molecular complexity index is 1020. The molecule has 1 aromatic heterocycles. The number of amides is 1. The van der Waals surface area contributed by atoms with Crippen LogP contribution in [0.25, 0.3) is 6.08 Å². The number of aromatic nitrogens is 2. The number of aryl methyl sites for hydroxylation is 2. The lowest BCUT2D eigenvalue weighted by Crippen LogP contribution is -2.09. The molecule has 0 atom stereocenters. The van der Waals surface area contributed by atoms with E-state index in [1.807, 2.05) is 69.4 Å². The van der Waals surface area contributed by atoms with E-state index >= 15 is 0 Å². The summed E-state index contributed by atoms with van der Waals surface area (Å²) < 4.78 is 13.0. The molecule has 3 rings (SSSR count). The van der Waals surface area contributed by atoms with Crippen LogP contribution in [-0.2, 0) is 18.4 Å². The molecule has 0 fully saturated rings. The summed E-state index contributed by atoms with van der Waals surface area (Å²) in [5, 5.41) is 7.20. The molecular formula is C23H25N3O3. The number of para-hydroxylation sites is 1. The zero-order chi connectivity index (χ0) is 20.8. The minimum atomic E-state index is -0.206. The van der Waals surface area contributed by atoms with Gasteiger partial charge >= 0.3 is 0 Å². The van der Waals surface area contributed by atoms with Gasteiger partial charge in [0.15, 0.2) is 0 Å². The van der Waals surface area contributed by atoms with Crippen molar-refractivity contribution in [2.75, 3.05) is 12.4 Å². The molecule has 0 unspecified atom stereocenters. The predicted octanol–water partition coefficient (Wildman–Crippen LogP) is 4.28. The van der Waals surface area contributed by atoms with Crippen molar-refractivity contribution < 1.29 is 14.3 Å². The molecule has 0 saturated carbocycles. The van der Waals surface area contributed by atoms with E-state index in [0.717, 1.165) is 39.7 Å². The van der Waals surface area contributed by atoms with Crippen molar-refractivity contribution in [3.63, 3.8) is 0 Å². The van der Waals surface area contributed by atoms with Crippen molar-refractivity contribution in [1.29, 1.82) is 0 Å². The summed E-state index contributed by atoms with van der Waals surface area (Å²) in [6.07, 6.45) is 3.28. The minimum absolute atomic E-state index is 0.206. The monoisotopic (exact) mass is 391 g/mol. The largest absolute Gasteiger partial charge is 0.496 e. The van der Waals surface area contributed by atoms with Crippen LogP contribution in [0.1, 0.15) is 22.5 Å². The van der Waals surface area contributed by atoms with Gasteiger partial charge in [-0.05, 0) is 49.8 Å². The van der Waals surface area contributed by atoms with Crippen LogP contribution >= 0.6 is 0 Å². The molecule has 0 spiro atoms. The number of hydrogen-bond donors (Lipinski definition) is 1. The topological polar surface area (TPSA) is 65.4 Å². The highest BCUT2D eigenvalue weighted by Crippen LogP contribution is 2.23. The minimum Gasteiger partial charge on any atom is -0.496 e. The smallest absolute Gasteiger partial charge is 0.248 e. The molecule has 1 heterocycles. The van der Waals surface area contributed by atoms with Crippen LogP contribution in [0.4, 0.5) is 5.69 Å². The van der Waals surface area contributed by atoms with Crippen molar-refractivity contribution in [2.24, 2.45) is 7.05 Å². The molecule has 0 aliphatic heterocycles. The molecule has 150 valence electrons. The number of carbonyl (C=O) groups excluding carboxylic acids is 1.